The van der Waals surface area contributed by atoms with Crippen molar-refractivity contribution in [3.8, 4) is 11.5 Å². The summed E-state index contributed by atoms with van der Waals surface area (Å²) in [5, 5.41) is 2.83. The van der Waals surface area contributed by atoms with Crippen LogP contribution in [0.3, 0.4) is 0 Å². The third kappa shape index (κ3) is 2.77. The predicted molar refractivity (Wildman–Crippen MR) is 94.9 cm³/mol. The molecule has 0 aliphatic carbocycles. The van der Waals surface area contributed by atoms with Crippen LogP contribution in [0.15, 0.2) is 48.5 Å². The number of nitrogens with one attached hydrogen (secondary N) is 1. The molecule has 1 fully saturated rings. The Hall–Kier alpha value is -3.02. The molecule has 2 aliphatic heterocycles. The Bertz CT molecular complexity index is 852. The van der Waals surface area contributed by atoms with E-state index in [1.54, 1.807) is 25.1 Å². The maximum Gasteiger partial charge on any atom is 0.325 e. The first-order valence-corrected chi connectivity index (χ1v) is 8.66. The van der Waals surface area contributed by atoms with Gasteiger partial charge in [0.2, 0.25) is 6.79 Å². The summed E-state index contributed by atoms with van der Waals surface area (Å²) in [5.41, 5.74) is 0.786. The van der Waals surface area contributed by atoms with Gasteiger partial charge in [-0.25, -0.2) is 4.79 Å². The van der Waals surface area contributed by atoms with Crippen molar-refractivity contribution in [1.29, 1.82) is 0 Å². The number of aryl methyl sites for hydroxylation is 1. The van der Waals surface area contributed by atoms with E-state index in [1.807, 2.05) is 30.3 Å². The molecule has 1 atom stereocenters. The first-order valence-electron chi connectivity index (χ1n) is 8.66. The SMILES string of the molecule is C[C@@]1(c2ccc3c(c2)OCO3)NC(=O)N(CCCc2ccccc2)C1=O. The second-order valence-electron chi connectivity index (χ2n) is 6.67. The van der Waals surface area contributed by atoms with E-state index < -0.39 is 5.54 Å². The molecule has 0 unspecified atom stereocenters. The predicted octanol–water partition coefficient (Wildman–Crippen LogP) is 2.82. The average Bonchev–Trinajstić information content (AvgIpc) is 3.20. The first kappa shape index (κ1) is 16.4. The summed E-state index contributed by atoms with van der Waals surface area (Å²) in [6.07, 6.45) is 1.54. The highest BCUT2D eigenvalue weighted by Gasteiger charge is 2.49. The van der Waals surface area contributed by atoms with E-state index >= 15 is 0 Å². The molecule has 6 heteroatoms. The van der Waals surface area contributed by atoms with E-state index in [4.69, 9.17) is 9.47 Å². The lowest BCUT2D eigenvalue weighted by Crippen LogP contribution is -2.41. The lowest BCUT2D eigenvalue weighted by molar-refractivity contribution is -0.131. The number of amides is 3. The van der Waals surface area contributed by atoms with Crippen molar-refractivity contribution in [2.45, 2.75) is 25.3 Å². The van der Waals surface area contributed by atoms with Crippen molar-refractivity contribution in [3.05, 3.63) is 59.7 Å². The molecule has 0 saturated carbocycles. The summed E-state index contributed by atoms with van der Waals surface area (Å²) in [4.78, 5) is 26.6. The number of fused-ring (bicyclic) bond motifs is 1. The maximum absolute atomic E-state index is 13.0. The molecule has 0 radical (unpaired) electrons. The fraction of sp³-hybridized carbons (Fsp3) is 0.300. The number of imide groups is 1. The third-order valence-corrected chi connectivity index (χ3v) is 4.91. The van der Waals surface area contributed by atoms with Gasteiger partial charge in [0.25, 0.3) is 5.91 Å². The second-order valence-corrected chi connectivity index (χ2v) is 6.67. The number of rotatable bonds is 5. The number of urea groups is 1. The van der Waals surface area contributed by atoms with Crippen molar-refractivity contribution < 1.29 is 19.1 Å². The molecule has 1 saturated heterocycles. The number of nitrogens with zero attached hydrogens (tertiary/aromatic N) is 1. The smallest absolute Gasteiger partial charge is 0.325 e. The number of carbonyl (C=O) groups excluding carboxylic acids is 2. The van der Waals surface area contributed by atoms with Crippen molar-refractivity contribution in [2.24, 2.45) is 0 Å². The van der Waals surface area contributed by atoms with Crippen molar-refractivity contribution in [3.63, 3.8) is 0 Å². The Labute approximate surface area is 151 Å². The third-order valence-electron chi connectivity index (χ3n) is 4.91. The van der Waals surface area contributed by atoms with Crippen LogP contribution in [0.4, 0.5) is 4.79 Å². The summed E-state index contributed by atoms with van der Waals surface area (Å²) in [7, 11) is 0. The van der Waals surface area contributed by atoms with E-state index in [1.165, 1.54) is 10.5 Å². The van der Waals surface area contributed by atoms with E-state index in [-0.39, 0.29) is 18.7 Å². The van der Waals surface area contributed by atoms with Gasteiger partial charge in [-0.15, -0.1) is 0 Å². The van der Waals surface area contributed by atoms with Crippen LogP contribution in [0, 0.1) is 0 Å². The molecular formula is C20H20N2O4. The molecule has 4 rings (SSSR count). The minimum absolute atomic E-state index is 0.168. The Morgan fingerprint density at radius 3 is 2.65 bits per heavy atom. The van der Waals surface area contributed by atoms with Crippen LogP contribution < -0.4 is 14.8 Å². The second kappa shape index (κ2) is 6.37. The molecule has 134 valence electrons. The van der Waals surface area contributed by atoms with Gasteiger partial charge >= 0.3 is 6.03 Å². The van der Waals surface area contributed by atoms with Gasteiger partial charge in [0.15, 0.2) is 11.5 Å². The quantitative estimate of drug-likeness (QED) is 0.840. The largest absolute Gasteiger partial charge is 0.454 e. The normalized spacial score (nSPS) is 21.2. The van der Waals surface area contributed by atoms with Crippen LogP contribution >= 0.6 is 0 Å². The Balaban J connectivity index is 1.47. The molecule has 0 spiro atoms. The summed E-state index contributed by atoms with van der Waals surface area (Å²) in [6.45, 7) is 2.28. The molecule has 3 amide bonds. The van der Waals surface area contributed by atoms with Gasteiger partial charge in [0.05, 0.1) is 0 Å². The fourth-order valence-electron chi connectivity index (χ4n) is 3.39. The van der Waals surface area contributed by atoms with Crippen LogP contribution in [-0.4, -0.2) is 30.2 Å². The fourth-order valence-corrected chi connectivity index (χ4v) is 3.39. The summed E-state index contributed by atoms with van der Waals surface area (Å²) < 4.78 is 10.7. The first-order chi connectivity index (χ1) is 12.6. The molecular weight excluding hydrogens is 332 g/mol. The van der Waals surface area contributed by atoms with Gasteiger partial charge in [0.1, 0.15) is 5.54 Å². The van der Waals surface area contributed by atoms with Crippen LogP contribution in [0.5, 0.6) is 11.5 Å². The maximum atomic E-state index is 13.0. The van der Waals surface area contributed by atoms with Gasteiger partial charge in [-0.3, -0.25) is 9.69 Å². The lowest BCUT2D eigenvalue weighted by atomic mass is 9.91. The van der Waals surface area contributed by atoms with Crippen molar-refractivity contribution in [2.75, 3.05) is 13.3 Å². The number of hydrogen-bond acceptors (Lipinski definition) is 4. The number of carbonyl (C=O) groups is 2. The molecule has 26 heavy (non-hydrogen) atoms. The van der Waals surface area contributed by atoms with Crippen LogP contribution in [0.1, 0.15) is 24.5 Å². The lowest BCUT2D eigenvalue weighted by Gasteiger charge is -2.22. The van der Waals surface area contributed by atoms with E-state index in [2.05, 4.69) is 5.32 Å². The molecule has 2 aliphatic rings. The van der Waals surface area contributed by atoms with Crippen LogP contribution in [0.2, 0.25) is 0 Å². The zero-order chi connectivity index (χ0) is 18.1. The Kier molecular flexibility index (Phi) is 4.03. The zero-order valence-electron chi connectivity index (χ0n) is 14.5. The molecule has 0 bridgehead atoms. The monoisotopic (exact) mass is 352 g/mol. The van der Waals surface area contributed by atoms with Gasteiger partial charge in [-0.2, -0.15) is 0 Å². The molecule has 1 N–H and O–H groups in total. The molecule has 2 aromatic carbocycles. The van der Waals surface area contributed by atoms with Gasteiger partial charge in [-0.1, -0.05) is 36.4 Å². The minimum atomic E-state index is -1.09. The number of hydrogen-bond donors (Lipinski definition) is 1. The molecule has 2 aromatic rings. The van der Waals surface area contributed by atoms with E-state index in [0.29, 0.717) is 23.6 Å². The zero-order valence-corrected chi connectivity index (χ0v) is 14.5. The highest BCUT2D eigenvalue weighted by atomic mass is 16.7. The van der Waals surface area contributed by atoms with Crippen LogP contribution in [0.25, 0.3) is 0 Å². The average molecular weight is 352 g/mol. The van der Waals surface area contributed by atoms with Gasteiger partial charge in [0, 0.05) is 6.54 Å². The van der Waals surface area contributed by atoms with E-state index in [9.17, 15) is 9.59 Å². The highest BCUT2D eigenvalue weighted by molar-refractivity contribution is 6.07. The molecule has 6 nitrogen and oxygen atoms in total. The number of ether oxygens (including phenoxy) is 2. The highest BCUT2D eigenvalue weighted by Crippen LogP contribution is 2.37. The standard InChI is InChI=1S/C20H20N2O4/c1-20(15-9-10-16-17(12-15)26-13-25-16)18(23)22(19(24)21-20)11-5-8-14-6-3-2-4-7-14/h2-4,6-7,9-10,12H,5,8,11,13H2,1H3,(H,21,24)/t20-/m0/s1. The van der Waals surface area contributed by atoms with Crippen molar-refractivity contribution in [1.82, 2.24) is 10.2 Å². The van der Waals surface area contributed by atoms with Crippen molar-refractivity contribution >= 4 is 11.9 Å². The van der Waals surface area contributed by atoms with Gasteiger partial charge < -0.3 is 14.8 Å². The molecule has 2 heterocycles. The van der Waals surface area contributed by atoms with E-state index in [0.717, 1.165) is 12.8 Å². The summed E-state index contributed by atoms with van der Waals surface area (Å²) in [5.74, 6) is 0.997. The topological polar surface area (TPSA) is 67.9 Å². The van der Waals surface area contributed by atoms with Gasteiger partial charge in [-0.05, 0) is 43.0 Å². The molecule has 0 aromatic heterocycles. The van der Waals surface area contributed by atoms with Crippen LogP contribution in [-0.2, 0) is 16.8 Å². The number of benzene rings is 2. The Morgan fingerprint density at radius 2 is 1.85 bits per heavy atom. The minimum Gasteiger partial charge on any atom is -0.454 e. The summed E-state index contributed by atoms with van der Waals surface area (Å²) in [6, 6.07) is 15.0. The Morgan fingerprint density at radius 1 is 1.08 bits per heavy atom. The summed E-state index contributed by atoms with van der Waals surface area (Å²) >= 11 is 0.